The number of aryl methyl sites for hydroxylation is 1. The molecule has 0 saturated carbocycles. The Hall–Kier alpha value is -2.04. The average molecular weight is 401 g/mol. The molecule has 5 heteroatoms. The molecule has 28 heavy (non-hydrogen) atoms. The number of halogens is 1. The van der Waals surface area contributed by atoms with Gasteiger partial charge in [-0.3, -0.25) is 9.69 Å². The Morgan fingerprint density at radius 1 is 1.25 bits per heavy atom. The standard InChI is InChI=1S/C23H29ClN2O2/c1-17-8-3-6-12-22(17)28-16-18(2)25-23(27)20-10-7-13-26(15-20)14-19-9-4-5-11-21(19)24/h3-6,8-9,11-12,18,20H,7,10,13-16H2,1-2H3,(H,25,27)/t18-,20-/m0/s1. The first kappa shape index (κ1) is 20.7. The Labute approximate surface area is 172 Å². The van der Waals surface area contributed by atoms with Gasteiger partial charge in [-0.15, -0.1) is 0 Å². The number of ether oxygens (including phenoxy) is 1. The maximum absolute atomic E-state index is 12.7. The number of benzene rings is 2. The van der Waals surface area contributed by atoms with Crippen LogP contribution in [0.5, 0.6) is 5.75 Å². The van der Waals surface area contributed by atoms with Gasteiger partial charge in [0.1, 0.15) is 12.4 Å². The monoisotopic (exact) mass is 400 g/mol. The molecule has 1 aliphatic heterocycles. The molecule has 150 valence electrons. The topological polar surface area (TPSA) is 41.6 Å². The summed E-state index contributed by atoms with van der Waals surface area (Å²) in [7, 11) is 0. The van der Waals surface area contributed by atoms with Crippen molar-refractivity contribution in [3.63, 3.8) is 0 Å². The van der Waals surface area contributed by atoms with E-state index in [2.05, 4.69) is 16.3 Å². The lowest BCUT2D eigenvalue weighted by atomic mass is 9.96. The molecular weight excluding hydrogens is 372 g/mol. The summed E-state index contributed by atoms with van der Waals surface area (Å²) in [5, 5.41) is 3.91. The Bertz CT molecular complexity index is 796. The second-order valence-corrected chi connectivity index (χ2v) is 8.06. The van der Waals surface area contributed by atoms with Crippen molar-refractivity contribution in [3.8, 4) is 5.75 Å². The van der Waals surface area contributed by atoms with Gasteiger partial charge in [-0.05, 0) is 56.5 Å². The molecule has 1 saturated heterocycles. The van der Waals surface area contributed by atoms with Crippen LogP contribution in [0.3, 0.4) is 0 Å². The van der Waals surface area contributed by atoms with E-state index in [0.717, 1.165) is 54.4 Å². The van der Waals surface area contributed by atoms with E-state index in [4.69, 9.17) is 16.3 Å². The summed E-state index contributed by atoms with van der Waals surface area (Å²) in [5.41, 5.74) is 2.22. The van der Waals surface area contributed by atoms with Crippen molar-refractivity contribution in [1.82, 2.24) is 10.2 Å². The quantitative estimate of drug-likeness (QED) is 0.746. The summed E-state index contributed by atoms with van der Waals surface area (Å²) >= 11 is 6.29. The molecule has 2 atom stereocenters. The zero-order valence-electron chi connectivity index (χ0n) is 16.7. The third-order valence-corrected chi connectivity index (χ3v) is 5.57. The SMILES string of the molecule is Cc1ccccc1OC[C@H](C)NC(=O)[C@H]1CCCN(Cc2ccccc2Cl)C1. The molecule has 0 bridgehead atoms. The molecule has 3 rings (SSSR count). The number of nitrogens with one attached hydrogen (secondary N) is 1. The highest BCUT2D eigenvalue weighted by Crippen LogP contribution is 2.22. The van der Waals surface area contributed by atoms with Crippen LogP contribution in [-0.2, 0) is 11.3 Å². The van der Waals surface area contributed by atoms with Crippen LogP contribution in [0.1, 0.15) is 30.9 Å². The van der Waals surface area contributed by atoms with Crippen LogP contribution < -0.4 is 10.1 Å². The number of rotatable bonds is 7. The Balaban J connectivity index is 1.48. The Morgan fingerprint density at radius 3 is 2.79 bits per heavy atom. The molecule has 1 amide bonds. The van der Waals surface area contributed by atoms with Crippen LogP contribution in [0.2, 0.25) is 5.02 Å². The van der Waals surface area contributed by atoms with Crippen LogP contribution in [0.4, 0.5) is 0 Å². The molecule has 0 spiro atoms. The van der Waals surface area contributed by atoms with Gasteiger partial charge in [0.05, 0.1) is 12.0 Å². The first-order chi connectivity index (χ1) is 13.5. The average Bonchev–Trinajstić information content (AvgIpc) is 2.69. The van der Waals surface area contributed by atoms with E-state index in [-0.39, 0.29) is 17.9 Å². The smallest absolute Gasteiger partial charge is 0.224 e. The van der Waals surface area contributed by atoms with Crippen LogP contribution in [0.15, 0.2) is 48.5 Å². The van der Waals surface area contributed by atoms with Crippen molar-refractivity contribution >= 4 is 17.5 Å². The summed E-state index contributed by atoms with van der Waals surface area (Å²) in [4.78, 5) is 15.1. The van der Waals surface area contributed by atoms with E-state index in [0.29, 0.717) is 6.61 Å². The fraction of sp³-hybridized carbons (Fsp3) is 0.435. The first-order valence-electron chi connectivity index (χ1n) is 9.97. The molecule has 0 aromatic heterocycles. The zero-order valence-corrected chi connectivity index (χ0v) is 17.4. The van der Waals surface area contributed by atoms with Crippen molar-refractivity contribution in [2.75, 3.05) is 19.7 Å². The first-order valence-corrected chi connectivity index (χ1v) is 10.4. The van der Waals surface area contributed by atoms with E-state index >= 15 is 0 Å². The molecular formula is C23H29ClN2O2. The summed E-state index contributed by atoms with van der Waals surface area (Å²) < 4.78 is 5.86. The predicted octanol–water partition coefficient (Wildman–Crippen LogP) is 4.44. The minimum absolute atomic E-state index is 0.0112. The molecule has 1 N–H and O–H groups in total. The van der Waals surface area contributed by atoms with Crippen LogP contribution >= 0.6 is 11.6 Å². The van der Waals surface area contributed by atoms with Gasteiger partial charge in [-0.1, -0.05) is 48.0 Å². The predicted molar refractivity (Wildman–Crippen MR) is 114 cm³/mol. The largest absolute Gasteiger partial charge is 0.491 e. The molecule has 1 fully saturated rings. The number of amides is 1. The number of piperidine rings is 1. The maximum atomic E-state index is 12.7. The van der Waals surface area contributed by atoms with Gasteiger partial charge in [0, 0.05) is 18.1 Å². The maximum Gasteiger partial charge on any atom is 0.224 e. The Kier molecular flexibility index (Phi) is 7.35. The van der Waals surface area contributed by atoms with Crippen molar-refractivity contribution in [1.29, 1.82) is 0 Å². The highest BCUT2D eigenvalue weighted by atomic mass is 35.5. The lowest BCUT2D eigenvalue weighted by molar-refractivity contribution is -0.127. The van der Waals surface area contributed by atoms with E-state index in [1.807, 2.05) is 56.3 Å². The number of para-hydroxylation sites is 1. The fourth-order valence-electron chi connectivity index (χ4n) is 3.62. The van der Waals surface area contributed by atoms with Gasteiger partial charge in [0.15, 0.2) is 0 Å². The summed E-state index contributed by atoms with van der Waals surface area (Å²) in [5.74, 6) is 0.995. The van der Waals surface area contributed by atoms with Gasteiger partial charge in [0.25, 0.3) is 0 Å². The minimum Gasteiger partial charge on any atom is -0.491 e. The van der Waals surface area contributed by atoms with Crippen LogP contribution in [-0.4, -0.2) is 36.5 Å². The van der Waals surface area contributed by atoms with E-state index in [1.165, 1.54) is 0 Å². The lowest BCUT2D eigenvalue weighted by Crippen LogP contribution is -2.46. The normalized spacial score (nSPS) is 18.5. The van der Waals surface area contributed by atoms with Crippen molar-refractivity contribution in [3.05, 3.63) is 64.7 Å². The van der Waals surface area contributed by atoms with Gasteiger partial charge in [0.2, 0.25) is 5.91 Å². The number of carbonyl (C=O) groups excluding carboxylic acids is 1. The molecule has 4 nitrogen and oxygen atoms in total. The van der Waals surface area contributed by atoms with Gasteiger partial charge in [-0.2, -0.15) is 0 Å². The highest BCUT2D eigenvalue weighted by Gasteiger charge is 2.27. The van der Waals surface area contributed by atoms with Gasteiger partial charge < -0.3 is 10.1 Å². The van der Waals surface area contributed by atoms with E-state index < -0.39 is 0 Å². The summed E-state index contributed by atoms with van der Waals surface area (Å²) in [6.45, 7) is 7.03. The molecule has 1 aliphatic rings. The summed E-state index contributed by atoms with van der Waals surface area (Å²) in [6.07, 6.45) is 1.95. The van der Waals surface area contributed by atoms with Crippen molar-refractivity contribution < 1.29 is 9.53 Å². The zero-order chi connectivity index (χ0) is 19.9. The van der Waals surface area contributed by atoms with Crippen LogP contribution in [0, 0.1) is 12.8 Å². The molecule has 1 heterocycles. The third-order valence-electron chi connectivity index (χ3n) is 5.20. The van der Waals surface area contributed by atoms with Gasteiger partial charge in [-0.25, -0.2) is 0 Å². The van der Waals surface area contributed by atoms with Crippen molar-refractivity contribution in [2.24, 2.45) is 5.92 Å². The fourth-order valence-corrected chi connectivity index (χ4v) is 3.81. The second kappa shape index (κ2) is 9.94. The second-order valence-electron chi connectivity index (χ2n) is 7.65. The minimum atomic E-state index is -0.0361. The molecule has 0 unspecified atom stereocenters. The Morgan fingerprint density at radius 2 is 2.00 bits per heavy atom. The van der Waals surface area contributed by atoms with Crippen LogP contribution in [0.25, 0.3) is 0 Å². The molecule has 2 aromatic rings. The molecule has 0 radical (unpaired) electrons. The molecule has 0 aliphatic carbocycles. The third kappa shape index (κ3) is 5.73. The van der Waals surface area contributed by atoms with E-state index in [9.17, 15) is 4.79 Å². The number of nitrogens with zero attached hydrogens (tertiary/aromatic N) is 1. The molecule has 2 aromatic carbocycles. The number of carbonyl (C=O) groups is 1. The number of likely N-dealkylation sites (tertiary alicyclic amines) is 1. The lowest BCUT2D eigenvalue weighted by Gasteiger charge is -2.32. The van der Waals surface area contributed by atoms with E-state index in [1.54, 1.807) is 0 Å². The summed E-state index contributed by atoms with van der Waals surface area (Å²) in [6, 6.07) is 15.8. The number of hydrogen-bond acceptors (Lipinski definition) is 3. The van der Waals surface area contributed by atoms with Crippen molar-refractivity contribution in [2.45, 2.75) is 39.3 Å². The highest BCUT2D eigenvalue weighted by molar-refractivity contribution is 6.31. The number of hydrogen-bond donors (Lipinski definition) is 1. The van der Waals surface area contributed by atoms with Gasteiger partial charge >= 0.3 is 0 Å².